The van der Waals surface area contributed by atoms with E-state index in [9.17, 15) is 43.2 Å². The van der Waals surface area contributed by atoms with Gasteiger partial charge in [0.25, 0.3) is 5.91 Å². The van der Waals surface area contributed by atoms with E-state index in [0.717, 1.165) is 6.26 Å². The number of phenolic OH excluding ortho intramolecular Hbond substituents is 1. The molecule has 1 fully saturated rings. The van der Waals surface area contributed by atoms with Gasteiger partial charge in [-0.05, 0) is 69.3 Å². The van der Waals surface area contributed by atoms with Gasteiger partial charge in [-0.15, -0.1) is 0 Å². The monoisotopic (exact) mass is 591 g/mol. The minimum atomic E-state index is -3.15. The number of Topliss-reactive ketones (excluding diaryl/α,β-unsaturated/α-hetero) is 2. The van der Waals surface area contributed by atoms with Crippen molar-refractivity contribution in [2.75, 3.05) is 45.1 Å². The molecule has 0 spiro atoms. The lowest BCUT2D eigenvalue weighted by molar-refractivity contribution is -0.153. The standard InChI is InChI=1S/C28H37N3O9S/c1-30(2)17-12-13(8-6-7-9-41(5,39)40)22(32)19-15(17)10-14-11-16-21(31(3)4)24(34)20(27(29)37)26(36)28(16,38)25(35)18(14)23(19)33/h12,14,16,21,32-33,36,38H,6-11H2,1-5H3,(H2,29,37)/t14-,16+,21-,28-/m0/s1. The summed E-state index contributed by atoms with van der Waals surface area (Å²) in [6.45, 7) is 0. The molecule has 0 radical (unpaired) electrons. The molecule has 41 heavy (non-hydrogen) atoms. The van der Waals surface area contributed by atoms with E-state index in [2.05, 4.69) is 0 Å². The predicted octanol–water partition coefficient (Wildman–Crippen LogP) is 0.397. The molecule has 13 heteroatoms. The van der Waals surface area contributed by atoms with Crippen LogP contribution in [0.25, 0.3) is 5.76 Å². The normalized spacial score (nSPS) is 26.2. The maximum absolute atomic E-state index is 14.0. The maximum atomic E-state index is 14.0. The second-order valence-electron chi connectivity index (χ2n) is 11.7. The highest BCUT2D eigenvalue weighted by Crippen LogP contribution is 2.54. The van der Waals surface area contributed by atoms with Crippen LogP contribution < -0.4 is 10.6 Å². The number of rotatable bonds is 8. The van der Waals surface area contributed by atoms with E-state index >= 15 is 0 Å². The summed E-state index contributed by atoms with van der Waals surface area (Å²) in [6, 6.07) is 0.623. The molecule has 1 saturated carbocycles. The van der Waals surface area contributed by atoms with E-state index in [0.29, 0.717) is 36.1 Å². The Kier molecular flexibility index (Phi) is 7.78. The van der Waals surface area contributed by atoms with Crippen LogP contribution in [0.4, 0.5) is 5.69 Å². The van der Waals surface area contributed by atoms with Gasteiger partial charge in [-0.25, -0.2) is 8.42 Å². The number of hydrogen-bond donors (Lipinski definition) is 5. The second-order valence-corrected chi connectivity index (χ2v) is 14.0. The van der Waals surface area contributed by atoms with Gasteiger partial charge in [0.05, 0.1) is 11.6 Å². The molecule has 0 heterocycles. The molecule has 3 aliphatic rings. The van der Waals surface area contributed by atoms with Gasteiger partial charge in [-0.2, -0.15) is 0 Å². The van der Waals surface area contributed by atoms with E-state index in [4.69, 9.17) is 5.73 Å². The Morgan fingerprint density at radius 2 is 1.76 bits per heavy atom. The number of nitrogens with two attached hydrogens (primary N) is 1. The maximum Gasteiger partial charge on any atom is 0.255 e. The van der Waals surface area contributed by atoms with Crippen molar-refractivity contribution in [3.05, 3.63) is 39.7 Å². The van der Waals surface area contributed by atoms with Gasteiger partial charge >= 0.3 is 0 Å². The number of hydrogen-bond acceptors (Lipinski definition) is 11. The van der Waals surface area contributed by atoms with Gasteiger partial charge < -0.3 is 31.1 Å². The number of anilines is 1. The molecule has 1 aromatic rings. The summed E-state index contributed by atoms with van der Waals surface area (Å²) >= 11 is 0. The van der Waals surface area contributed by atoms with Gasteiger partial charge in [0, 0.05) is 43.3 Å². The van der Waals surface area contributed by atoms with Crippen LogP contribution in [0.5, 0.6) is 5.75 Å². The molecule has 6 N–H and O–H groups in total. The summed E-state index contributed by atoms with van der Waals surface area (Å²) in [5.41, 5.74) is 3.30. The Bertz CT molecular complexity index is 1510. The van der Waals surface area contributed by atoms with Crippen molar-refractivity contribution in [1.29, 1.82) is 0 Å². The predicted molar refractivity (Wildman–Crippen MR) is 151 cm³/mol. The van der Waals surface area contributed by atoms with E-state index in [1.807, 2.05) is 0 Å². The number of nitrogens with zero attached hydrogens (tertiary/aromatic N) is 2. The van der Waals surface area contributed by atoms with Crippen molar-refractivity contribution in [3.8, 4) is 5.75 Å². The van der Waals surface area contributed by atoms with Crippen LogP contribution >= 0.6 is 0 Å². The molecule has 0 aliphatic heterocycles. The topological polar surface area (TPSA) is 199 Å². The zero-order valence-electron chi connectivity index (χ0n) is 23.8. The van der Waals surface area contributed by atoms with Gasteiger partial charge in [-0.1, -0.05) is 0 Å². The smallest absolute Gasteiger partial charge is 0.255 e. The lowest BCUT2D eigenvalue weighted by Gasteiger charge is -2.50. The zero-order valence-corrected chi connectivity index (χ0v) is 24.6. The van der Waals surface area contributed by atoms with Gasteiger partial charge in [-0.3, -0.25) is 19.3 Å². The SMILES string of the molecule is CN(C)c1cc(CCCCS(C)(=O)=O)c(O)c2c1C[C@H]1C[C@@H]3[C@H](N(C)C)C(=O)C(C(N)=O)=C(O)[C@@]3(O)C(=O)C1=C2O. The molecule has 12 nitrogen and oxygen atoms in total. The number of aromatic hydroxyl groups is 1. The van der Waals surface area contributed by atoms with Crippen LogP contribution in [-0.2, 0) is 37.1 Å². The Labute approximate surface area is 238 Å². The fourth-order valence-electron chi connectivity index (χ4n) is 6.62. The summed E-state index contributed by atoms with van der Waals surface area (Å²) < 4.78 is 23.0. The zero-order chi connectivity index (χ0) is 30.8. The first-order valence-electron chi connectivity index (χ1n) is 13.3. The Morgan fingerprint density at radius 3 is 2.29 bits per heavy atom. The van der Waals surface area contributed by atoms with Gasteiger partial charge in [0.15, 0.2) is 11.4 Å². The number of benzene rings is 1. The summed E-state index contributed by atoms with van der Waals surface area (Å²) in [5.74, 6) is -6.94. The Balaban J connectivity index is 1.88. The highest BCUT2D eigenvalue weighted by Gasteiger charge is 2.64. The van der Waals surface area contributed by atoms with Crippen LogP contribution in [0.1, 0.15) is 36.0 Å². The summed E-state index contributed by atoms with van der Waals surface area (Å²) in [5, 5.41) is 45.5. The van der Waals surface area contributed by atoms with Crippen LogP contribution in [0.15, 0.2) is 23.0 Å². The number of primary amides is 1. The van der Waals surface area contributed by atoms with Crippen molar-refractivity contribution < 1.29 is 43.2 Å². The number of carbonyl (C=O) groups is 3. The minimum absolute atomic E-state index is 0.00658. The third-order valence-corrected chi connectivity index (χ3v) is 9.50. The Morgan fingerprint density at radius 1 is 1.12 bits per heavy atom. The fraction of sp³-hybridized carbons (Fsp3) is 0.536. The number of phenols is 1. The molecular weight excluding hydrogens is 554 g/mol. The highest BCUT2D eigenvalue weighted by molar-refractivity contribution is 7.90. The molecule has 224 valence electrons. The number of aliphatic hydroxyl groups is 3. The lowest BCUT2D eigenvalue weighted by Crippen LogP contribution is -2.65. The van der Waals surface area contributed by atoms with Crippen molar-refractivity contribution >= 4 is 38.8 Å². The van der Waals surface area contributed by atoms with Crippen LogP contribution in [0, 0.1) is 11.8 Å². The first-order valence-corrected chi connectivity index (χ1v) is 15.4. The van der Waals surface area contributed by atoms with Gasteiger partial charge in [0.1, 0.15) is 32.7 Å². The number of unbranched alkanes of at least 4 members (excludes halogenated alkanes) is 1. The average molecular weight is 592 g/mol. The quantitative estimate of drug-likeness (QED) is 0.207. The average Bonchev–Trinajstić information content (AvgIpc) is 2.83. The molecule has 1 amide bonds. The molecule has 0 aromatic heterocycles. The van der Waals surface area contributed by atoms with E-state index in [-0.39, 0.29) is 35.5 Å². The molecule has 3 aliphatic carbocycles. The number of amides is 1. The highest BCUT2D eigenvalue weighted by atomic mass is 32.2. The number of sulfone groups is 1. The van der Waals surface area contributed by atoms with Crippen LogP contribution in [0.2, 0.25) is 0 Å². The second kappa shape index (κ2) is 10.4. The number of aryl methyl sites for hydroxylation is 1. The number of aliphatic hydroxyl groups excluding tert-OH is 2. The van der Waals surface area contributed by atoms with E-state index in [1.165, 1.54) is 4.90 Å². The number of ketones is 2. The largest absolute Gasteiger partial charge is 0.508 e. The molecule has 1 aromatic carbocycles. The summed E-state index contributed by atoms with van der Waals surface area (Å²) in [7, 11) is 3.52. The Hall–Kier alpha value is -3.42. The molecule has 4 atom stereocenters. The molecule has 0 bridgehead atoms. The van der Waals surface area contributed by atoms with Crippen molar-refractivity contribution in [3.63, 3.8) is 0 Å². The van der Waals surface area contributed by atoms with Crippen LogP contribution in [0.3, 0.4) is 0 Å². The summed E-state index contributed by atoms with van der Waals surface area (Å²) in [6.07, 6.45) is 2.46. The summed E-state index contributed by atoms with van der Waals surface area (Å²) in [4.78, 5) is 42.6. The third-order valence-electron chi connectivity index (χ3n) is 8.47. The van der Waals surface area contributed by atoms with E-state index in [1.54, 1.807) is 39.2 Å². The van der Waals surface area contributed by atoms with Crippen molar-refractivity contribution in [1.82, 2.24) is 4.90 Å². The van der Waals surface area contributed by atoms with E-state index < -0.39 is 67.9 Å². The minimum Gasteiger partial charge on any atom is -0.508 e. The number of carbonyl (C=O) groups excluding carboxylic acids is 3. The first kappa shape index (κ1) is 30.5. The van der Waals surface area contributed by atoms with Gasteiger partial charge in [0.2, 0.25) is 5.78 Å². The molecular formula is C28H37N3O9S. The molecule has 0 unspecified atom stereocenters. The lowest BCUT2D eigenvalue weighted by atomic mass is 9.57. The molecule has 4 rings (SSSR count). The first-order chi connectivity index (χ1) is 18.9. The van der Waals surface area contributed by atoms with Crippen LogP contribution in [-0.4, -0.2) is 103 Å². The third kappa shape index (κ3) is 4.89. The fourth-order valence-corrected chi connectivity index (χ4v) is 7.34. The number of fused-ring (bicyclic) bond motifs is 3. The molecule has 0 saturated heterocycles. The van der Waals surface area contributed by atoms with Crippen molar-refractivity contribution in [2.24, 2.45) is 17.6 Å². The number of likely N-dealkylation sites (N-methyl/N-ethyl adjacent to an activating group) is 1. The van der Waals surface area contributed by atoms with Crippen molar-refractivity contribution in [2.45, 2.75) is 43.7 Å².